The van der Waals surface area contributed by atoms with Crippen molar-refractivity contribution in [2.75, 3.05) is 0 Å². The second-order valence-electron chi connectivity index (χ2n) is 5.88. The minimum Gasteiger partial charge on any atom is -0.439 e. The number of ether oxygens (including phenoxy) is 1. The number of aromatic nitrogens is 1. The van der Waals surface area contributed by atoms with E-state index in [2.05, 4.69) is 10.3 Å². The number of benzene rings is 1. The first-order chi connectivity index (χ1) is 11.4. The summed E-state index contributed by atoms with van der Waals surface area (Å²) in [5.41, 5.74) is 5.78. The third-order valence-electron chi connectivity index (χ3n) is 3.59. The van der Waals surface area contributed by atoms with Crippen LogP contribution in [0, 0.1) is 5.82 Å². The van der Waals surface area contributed by atoms with Gasteiger partial charge in [-0.2, -0.15) is 0 Å². The van der Waals surface area contributed by atoms with Crippen LogP contribution in [0.2, 0.25) is 0 Å². The van der Waals surface area contributed by atoms with Crippen molar-refractivity contribution in [2.24, 2.45) is 5.73 Å². The van der Waals surface area contributed by atoms with Crippen molar-refractivity contribution < 1.29 is 13.9 Å². The largest absolute Gasteiger partial charge is 0.439 e. The van der Waals surface area contributed by atoms with Crippen molar-refractivity contribution >= 4 is 18.3 Å². The highest BCUT2D eigenvalue weighted by Crippen LogP contribution is 2.23. The summed E-state index contributed by atoms with van der Waals surface area (Å²) in [6.45, 7) is 3.91. The smallest absolute Gasteiger partial charge is 0.240 e. The van der Waals surface area contributed by atoms with Crippen LogP contribution < -0.4 is 15.8 Å². The van der Waals surface area contributed by atoms with Gasteiger partial charge in [0.25, 0.3) is 0 Å². The van der Waals surface area contributed by atoms with Gasteiger partial charge in [0, 0.05) is 24.4 Å². The van der Waals surface area contributed by atoms with Crippen molar-refractivity contribution in [1.29, 1.82) is 0 Å². The Morgan fingerprint density at radius 1 is 1.36 bits per heavy atom. The average Bonchev–Trinajstić information content (AvgIpc) is 2.53. The van der Waals surface area contributed by atoms with Gasteiger partial charge in [-0.15, -0.1) is 12.4 Å². The van der Waals surface area contributed by atoms with E-state index in [1.54, 1.807) is 37.4 Å². The second kappa shape index (κ2) is 9.34. The van der Waals surface area contributed by atoms with Crippen LogP contribution >= 0.6 is 12.4 Å². The first-order valence-electron chi connectivity index (χ1n) is 7.87. The van der Waals surface area contributed by atoms with Crippen molar-refractivity contribution in [3.8, 4) is 11.6 Å². The fraction of sp³-hybridized carbons (Fsp3) is 0.333. The summed E-state index contributed by atoms with van der Waals surface area (Å²) >= 11 is 0. The summed E-state index contributed by atoms with van der Waals surface area (Å²) in [6.07, 6.45) is 2.99. The molecule has 1 unspecified atom stereocenters. The van der Waals surface area contributed by atoms with Gasteiger partial charge in [0.1, 0.15) is 11.6 Å². The van der Waals surface area contributed by atoms with Gasteiger partial charge in [0.15, 0.2) is 0 Å². The molecule has 0 aliphatic rings. The Labute approximate surface area is 153 Å². The molecule has 0 fully saturated rings. The van der Waals surface area contributed by atoms with E-state index in [0.717, 1.165) is 6.42 Å². The quantitative estimate of drug-likeness (QED) is 0.784. The van der Waals surface area contributed by atoms with Gasteiger partial charge in [-0.25, -0.2) is 9.37 Å². The molecule has 0 saturated carbocycles. The topological polar surface area (TPSA) is 77.2 Å². The molecular weight excluding hydrogens is 345 g/mol. The summed E-state index contributed by atoms with van der Waals surface area (Å²) in [5.74, 6) is 0.0372. The fourth-order valence-electron chi connectivity index (χ4n) is 2.30. The van der Waals surface area contributed by atoms with E-state index >= 15 is 0 Å². The second-order valence-corrected chi connectivity index (χ2v) is 5.88. The molecule has 7 heteroatoms. The van der Waals surface area contributed by atoms with Crippen LogP contribution in [-0.2, 0) is 11.3 Å². The van der Waals surface area contributed by atoms with Crippen LogP contribution in [-0.4, -0.2) is 16.4 Å². The van der Waals surface area contributed by atoms with Gasteiger partial charge in [0.2, 0.25) is 11.8 Å². The average molecular weight is 368 g/mol. The zero-order chi connectivity index (χ0) is 17.6. The monoisotopic (exact) mass is 367 g/mol. The van der Waals surface area contributed by atoms with Gasteiger partial charge in [-0.1, -0.05) is 25.5 Å². The Hall–Kier alpha value is -2.18. The maximum absolute atomic E-state index is 13.3. The number of nitrogens with one attached hydrogen (secondary N) is 1. The number of halogens is 2. The van der Waals surface area contributed by atoms with Crippen molar-refractivity contribution in [3.63, 3.8) is 0 Å². The molecule has 2 rings (SSSR count). The molecule has 1 heterocycles. The predicted octanol–water partition coefficient (Wildman–Crippen LogP) is 3.57. The minimum atomic E-state index is -0.916. The van der Waals surface area contributed by atoms with Gasteiger partial charge in [0.05, 0.1) is 5.54 Å². The highest BCUT2D eigenvalue weighted by atomic mass is 35.5. The van der Waals surface area contributed by atoms with E-state index in [4.69, 9.17) is 10.5 Å². The Kier molecular flexibility index (Phi) is 7.80. The lowest BCUT2D eigenvalue weighted by Gasteiger charge is -2.23. The Bertz CT molecular complexity index is 710. The zero-order valence-electron chi connectivity index (χ0n) is 14.3. The van der Waals surface area contributed by atoms with Gasteiger partial charge >= 0.3 is 0 Å². The number of hydrogen-bond donors (Lipinski definition) is 2. The number of amides is 1. The summed E-state index contributed by atoms with van der Waals surface area (Å²) in [6, 6.07) is 9.33. The van der Waals surface area contributed by atoms with Gasteiger partial charge in [-0.3, -0.25) is 4.79 Å². The third kappa shape index (κ3) is 5.99. The minimum absolute atomic E-state index is 0. The first kappa shape index (κ1) is 20.9. The maximum Gasteiger partial charge on any atom is 0.240 e. The highest BCUT2D eigenvalue weighted by Gasteiger charge is 2.26. The molecule has 0 spiro atoms. The molecule has 0 bridgehead atoms. The molecule has 1 atom stereocenters. The summed E-state index contributed by atoms with van der Waals surface area (Å²) in [4.78, 5) is 16.3. The maximum atomic E-state index is 13.3. The third-order valence-corrected chi connectivity index (χ3v) is 3.59. The van der Waals surface area contributed by atoms with Crippen LogP contribution in [0.3, 0.4) is 0 Å². The van der Waals surface area contributed by atoms with Crippen LogP contribution in [0.4, 0.5) is 4.39 Å². The lowest BCUT2D eigenvalue weighted by Crippen LogP contribution is -2.51. The molecule has 0 aliphatic heterocycles. The Morgan fingerprint density at radius 2 is 2.12 bits per heavy atom. The molecule has 1 aromatic carbocycles. The number of hydrogen-bond acceptors (Lipinski definition) is 4. The van der Waals surface area contributed by atoms with Crippen molar-refractivity contribution in [2.45, 2.75) is 38.8 Å². The molecule has 5 nitrogen and oxygen atoms in total. The lowest BCUT2D eigenvalue weighted by molar-refractivity contribution is -0.126. The summed E-state index contributed by atoms with van der Waals surface area (Å²) in [7, 11) is 0. The molecule has 0 saturated heterocycles. The molecule has 2 aromatic rings. The normalized spacial score (nSPS) is 12.6. The van der Waals surface area contributed by atoms with Crippen molar-refractivity contribution in [3.05, 3.63) is 54.0 Å². The molecule has 1 amide bonds. The highest BCUT2D eigenvalue weighted by molar-refractivity contribution is 5.85. The van der Waals surface area contributed by atoms with Gasteiger partial charge in [-0.05, 0) is 31.5 Å². The number of carbonyl (C=O) groups is 1. The molecule has 136 valence electrons. The van der Waals surface area contributed by atoms with E-state index < -0.39 is 11.4 Å². The van der Waals surface area contributed by atoms with Gasteiger partial charge < -0.3 is 15.8 Å². The molecule has 25 heavy (non-hydrogen) atoms. The van der Waals surface area contributed by atoms with E-state index in [-0.39, 0.29) is 24.9 Å². The number of rotatable bonds is 7. The molecule has 0 aliphatic carbocycles. The van der Waals surface area contributed by atoms with Crippen LogP contribution in [0.1, 0.15) is 32.3 Å². The van der Waals surface area contributed by atoms with Crippen LogP contribution in [0.5, 0.6) is 11.6 Å². The molecule has 1 aromatic heterocycles. The van der Waals surface area contributed by atoms with Crippen molar-refractivity contribution in [1.82, 2.24) is 10.3 Å². The fourth-order valence-corrected chi connectivity index (χ4v) is 2.30. The summed E-state index contributed by atoms with van der Waals surface area (Å²) < 4.78 is 18.9. The summed E-state index contributed by atoms with van der Waals surface area (Å²) in [5, 5.41) is 2.80. The first-order valence-corrected chi connectivity index (χ1v) is 7.87. The number of pyridine rings is 1. The lowest BCUT2D eigenvalue weighted by atomic mass is 9.96. The number of carbonyl (C=O) groups excluding carboxylic acids is 1. The zero-order valence-corrected chi connectivity index (χ0v) is 15.1. The standard InChI is InChI=1S/C18H22FN3O2.ClH/c1-3-9-18(2,20)17(23)22-12-13-6-5-10-21-16(13)24-15-8-4-7-14(19)11-15;/h4-8,10-11H,3,9,12,20H2,1-2H3,(H,22,23);1H. The van der Waals surface area contributed by atoms with E-state index in [1.807, 2.05) is 6.92 Å². The molecule has 3 N–H and O–H groups in total. The molecular formula is C18H23ClFN3O2. The van der Waals surface area contributed by atoms with E-state index in [0.29, 0.717) is 23.6 Å². The predicted molar refractivity (Wildman–Crippen MR) is 97.3 cm³/mol. The Morgan fingerprint density at radius 3 is 2.80 bits per heavy atom. The molecule has 0 radical (unpaired) electrons. The number of nitrogens with two attached hydrogens (primary N) is 1. The van der Waals surface area contributed by atoms with Crippen LogP contribution in [0.25, 0.3) is 0 Å². The SMILES string of the molecule is CCCC(C)(N)C(=O)NCc1cccnc1Oc1cccc(F)c1.Cl. The van der Waals surface area contributed by atoms with E-state index in [9.17, 15) is 9.18 Å². The van der Waals surface area contributed by atoms with E-state index in [1.165, 1.54) is 12.1 Å². The van der Waals surface area contributed by atoms with Crippen LogP contribution in [0.15, 0.2) is 42.6 Å². The number of nitrogens with zero attached hydrogens (tertiary/aromatic N) is 1. The Balaban J connectivity index is 0.00000312.